The Labute approximate surface area is 318 Å². The van der Waals surface area contributed by atoms with E-state index in [1.807, 2.05) is 67.4 Å². The number of carbonyl (C=O) groups excluding carboxylic acids is 1. The van der Waals surface area contributed by atoms with E-state index in [0.29, 0.717) is 43.3 Å². The number of benzene rings is 3. The summed E-state index contributed by atoms with van der Waals surface area (Å²) in [5, 5.41) is 17.5. The molecule has 1 aliphatic heterocycles. The number of fused-ring (bicyclic) bond motifs is 4. The molecule has 1 N–H and O–H groups in total. The van der Waals surface area contributed by atoms with Crippen molar-refractivity contribution in [2.24, 2.45) is 13.0 Å². The van der Waals surface area contributed by atoms with Gasteiger partial charge in [0.1, 0.15) is 22.6 Å². The van der Waals surface area contributed by atoms with Gasteiger partial charge in [0, 0.05) is 46.2 Å². The van der Waals surface area contributed by atoms with Crippen molar-refractivity contribution in [1.82, 2.24) is 18.9 Å². The molecule has 1 unspecified atom stereocenters. The SMILES string of the molecule is Cc1cc(OCCCc2c3n(c4c(-c5c(C)nn(C)c5C)cccc24)[C@H](C)C(Cl)N(c2cccc4cc(C(=O)O)n(CC5CC5)c24)C3=O)cc(C)c1Cl. The van der Waals surface area contributed by atoms with E-state index in [1.54, 1.807) is 11.0 Å². The molecule has 0 spiro atoms. The molecule has 2 aliphatic rings. The Kier molecular flexibility index (Phi) is 8.85. The number of halogens is 2. The topological polar surface area (TPSA) is 94.5 Å². The highest BCUT2D eigenvalue weighted by molar-refractivity contribution is 6.32. The Morgan fingerprint density at radius 3 is 2.40 bits per heavy atom. The van der Waals surface area contributed by atoms with Gasteiger partial charge in [-0.05, 0) is 107 Å². The third-order valence-corrected chi connectivity index (χ3v) is 12.3. The maximum absolute atomic E-state index is 15.3. The number of anilines is 1. The molecule has 1 saturated carbocycles. The van der Waals surface area contributed by atoms with Crippen molar-refractivity contribution in [2.45, 2.75) is 78.4 Å². The molecule has 2 atom stereocenters. The van der Waals surface area contributed by atoms with E-state index in [2.05, 4.69) is 36.6 Å². The van der Waals surface area contributed by atoms with Gasteiger partial charge in [-0.2, -0.15) is 5.10 Å². The van der Waals surface area contributed by atoms with Gasteiger partial charge in [0.2, 0.25) is 0 Å². The number of nitrogens with zero attached hydrogens (tertiary/aromatic N) is 5. The van der Waals surface area contributed by atoms with Gasteiger partial charge in [0.05, 0.1) is 35.1 Å². The zero-order valence-corrected chi connectivity index (χ0v) is 32.3. The van der Waals surface area contributed by atoms with E-state index in [-0.39, 0.29) is 17.6 Å². The standard InChI is InChI=1S/C42H43Cl2N5O4/c1-22-18-29(19-23(2)36(22)43)53-17-9-13-31-30-11-8-12-32(35-24(3)45-46(6)25(35)4)38(30)48-26(5)40(44)49(41(50)39(31)48)33-14-7-10-28-20-34(42(51)52)47(37(28)33)21-27-15-16-27/h7-8,10-12,14,18-20,26-27,40H,9,13,15-17,21H2,1-6H3,(H,51,52)/t26-,40?/m1/s1. The zero-order chi connectivity index (χ0) is 37.5. The smallest absolute Gasteiger partial charge is 0.352 e. The molecule has 0 bridgehead atoms. The first-order chi connectivity index (χ1) is 25.4. The van der Waals surface area contributed by atoms with Gasteiger partial charge in [-0.1, -0.05) is 53.5 Å². The van der Waals surface area contributed by atoms with Gasteiger partial charge in [0.15, 0.2) is 0 Å². The summed E-state index contributed by atoms with van der Waals surface area (Å²) >= 11 is 13.9. The van der Waals surface area contributed by atoms with Crippen molar-refractivity contribution in [1.29, 1.82) is 0 Å². The Morgan fingerprint density at radius 1 is 1.02 bits per heavy atom. The number of carboxylic acids is 1. The molecule has 8 rings (SSSR count). The molecule has 6 aromatic rings. The Bertz CT molecular complexity index is 2450. The molecular weight excluding hydrogens is 709 g/mol. The van der Waals surface area contributed by atoms with Crippen LogP contribution in [0, 0.1) is 33.6 Å². The first-order valence-corrected chi connectivity index (χ1v) is 19.1. The molecule has 1 amide bonds. The van der Waals surface area contributed by atoms with Gasteiger partial charge in [-0.25, -0.2) is 4.79 Å². The maximum atomic E-state index is 15.3. The zero-order valence-electron chi connectivity index (χ0n) is 30.8. The highest BCUT2D eigenvalue weighted by Gasteiger charge is 2.42. The summed E-state index contributed by atoms with van der Waals surface area (Å²) in [7, 11) is 1.95. The van der Waals surface area contributed by atoms with Crippen molar-refractivity contribution >= 4 is 62.6 Å². The van der Waals surface area contributed by atoms with E-state index >= 15 is 4.79 Å². The van der Waals surface area contributed by atoms with Gasteiger partial charge >= 0.3 is 5.97 Å². The fourth-order valence-electron chi connectivity index (χ4n) is 8.35. The minimum atomic E-state index is -0.990. The lowest BCUT2D eigenvalue weighted by atomic mass is 9.98. The third kappa shape index (κ3) is 5.80. The quantitative estimate of drug-likeness (QED) is 0.0855. The van der Waals surface area contributed by atoms with Crippen molar-refractivity contribution < 1.29 is 19.4 Å². The molecule has 0 saturated heterocycles. The van der Waals surface area contributed by atoms with Crippen molar-refractivity contribution in [3.05, 3.63) is 99.1 Å². The van der Waals surface area contributed by atoms with Crippen molar-refractivity contribution in [2.75, 3.05) is 11.5 Å². The molecule has 9 nitrogen and oxygen atoms in total. The number of amides is 1. The lowest BCUT2D eigenvalue weighted by Gasteiger charge is -2.39. The van der Waals surface area contributed by atoms with Crippen LogP contribution in [-0.4, -0.2) is 48.0 Å². The van der Waals surface area contributed by atoms with E-state index in [1.165, 1.54) is 0 Å². The summed E-state index contributed by atoms with van der Waals surface area (Å²) in [5.74, 6) is -0.0276. The van der Waals surface area contributed by atoms with E-state index in [4.69, 9.17) is 33.0 Å². The summed E-state index contributed by atoms with van der Waals surface area (Å²) in [5.41, 5.74) is 9.19. The van der Waals surface area contributed by atoms with E-state index < -0.39 is 11.5 Å². The minimum absolute atomic E-state index is 0.215. The summed E-state index contributed by atoms with van der Waals surface area (Å²) in [4.78, 5) is 29.4. The summed E-state index contributed by atoms with van der Waals surface area (Å²) in [6.07, 6.45) is 3.36. The van der Waals surface area contributed by atoms with Crippen LogP contribution in [0.4, 0.5) is 5.69 Å². The second kappa shape index (κ2) is 13.3. The number of rotatable bonds is 10. The number of alkyl halides is 1. The van der Waals surface area contributed by atoms with Crippen LogP contribution in [0.3, 0.4) is 0 Å². The summed E-state index contributed by atoms with van der Waals surface area (Å²) < 4.78 is 12.1. The number of carbonyl (C=O) groups is 2. The molecule has 3 aromatic carbocycles. The average molecular weight is 753 g/mol. The van der Waals surface area contributed by atoms with Gasteiger partial charge in [-0.3, -0.25) is 14.4 Å². The predicted molar refractivity (Wildman–Crippen MR) is 211 cm³/mol. The van der Waals surface area contributed by atoms with Gasteiger partial charge in [-0.15, -0.1) is 0 Å². The summed E-state index contributed by atoms with van der Waals surface area (Å²) in [6, 6.07) is 17.2. The first kappa shape index (κ1) is 35.3. The molecule has 11 heteroatoms. The number of ether oxygens (including phenoxy) is 1. The Balaban J connectivity index is 1.28. The highest BCUT2D eigenvalue weighted by atomic mass is 35.5. The fourth-order valence-corrected chi connectivity index (χ4v) is 8.76. The van der Waals surface area contributed by atoms with Crippen LogP contribution in [0.25, 0.3) is 32.9 Å². The number of carboxylic acid groups (broad SMARTS) is 1. The average Bonchev–Trinajstić information content (AvgIpc) is 3.69. The minimum Gasteiger partial charge on any atom is -0.494 e. The van der Waals surface area contributed by atoms with E-state index in [9.17, 15) is 9.90 Å². The normalized spacial score (nSPS) is 17.3. The second-order valence-corrected chi connectivity index (χ2v) is 15.6. The molecule has 0 radical (unpaired) electrons. The third-order valence-electron chi connectivity index (χ3n) is 11.1. The first-order valence-electron chi connectivity index (χ1n) is 18.3. The summed E-state index contributed by atoms with van der Waals surface area (Å²) in [6.45, 7) is 11.1. The van der Waals surface area contributed by atoms with E-state index in [0.717, 1.165) is 84.6 Å². The molecule has 53 heavy (non-hydrogen) atoms. The van der Waals surface area contributed by atoms with Crippen molar-refractivity contribution in [3.63, 3.8) is 0 Å². The monoisotopic (exact) mass is 751 g/mol. The second-order valence-electron chi connectivity index (χ2n) is 14.8. The molecular formula is C42H43Cl2N5O4. The number of aromatic carboxylic acids is 1. The van der Waals surface area contributed by atoms with Gasteiger partial charge in [0.25, 0.3) is 5.91 Å². The highest BCUT2D eigenvalue weighted by Crippen LogP contribution is 2.46. The van der Waals surface area contributed by atoms with Crippen LogP contribution in [0.2, 0.25) is 5.02 Å². The number of aromatic nitrogens is 4. The largest absolute Gasteiger partial charge is 0.494 e. The molecule has 1 aliphatic carbocycles. The predicted octanol–water partition coefficient (Wildman–Crippen LogP) is 9.79. The lowest BCUT2D eigenvalue weighted by molar-refractivity contribution is 0.0685. The molecule has 274 valence electrons. The van der Waals surface area contributed by atoms with Crippen molar-refractivity contribution in [3.8, 4) is 16.9 Å². The molecule has 4 heterocycles. The maximum Gasteiger partial charge on any atom is 0.352 e. The van der Waals surface area contributed by atoms with Crippen LogP contribution in [0.1, 0.15) is 81.3 Å². The van der Waals surface area contributed by atoms with Crippen LogP contribution >= 0.6 is 23.2 Å². The number of para-hydroxylation sites is 2. The number of hydrogen-bond donors (Lipinski definition) is 1. The van der Waals surface area contributed by atoms with Gasteiger partial charge < -0.3 is 19.0 Å². The van der Waals surface area contributed by atoms with Crippen LogP contribution in [0.5, 0.6) is 5.75 Å². The van der Waals surface area contributed by atoms with Crippen LogP contribution in [-0.2, 0) is 20.0 Å². The number of hydrogen-bond acceptors (Lipinski definition) is 4. The Morgan fingerprint density at radius 2 is 1.74 bits per heavy atom. The Hall–Kier alpha value is -4.73. The molecule has 3 aromatic heterocycles. The lowest BCUT2D eigenvalue weighted by Crippen LogP contribution is -2.48. The van der Waals surface area contributed by atoms with Crippen LogP contribution < -0.4 is 9.64 Å². The fraction of sp³-hybridized carbons (Fsp3) is 0.357. The molecule has 1 fully saturated rings. The number of aryl methyl sites for hydroxylation is 5. The van der Waals surface area contributed by atoms with Crippen LogP contribution in [0.15, 0.2) is 54.6 Å².